The molecule has 1 aromatic rings. The van der Waals surface area contributed by atoms with Crippen LogP contribution < -0.4 is 4.74 Å². The molecule has 118 valence electrons. The SMILES string of the molecule is COC(=O)CC(c1ccc(OC)cc1F)C(C#N)C(=O)OC. The normalized spacial score (nSPS) is 12.7. The van der Waals surface area contributed by atoms with Crippen molar-refractivity contribution in [2.75, 3.05) is 21.3 Å². The molecular weight excluding hydrogens is 293 g/mol. The van der Waals surface area contributed by atoms with Gasteiger partial charge in [-0.05, 0) is 11.6 Å². The quantitative estimate of drug-likeness (QED) is 0.745. The second kappa shape index (κ2) is 7.98. The summed E-state index contributed by atoms with van der Waals surface area (Å²) in [5, 5.41) is 9.19. The van der Waals surface area contributed by atoms with Gasteiger partial charge >= 0.3 is 11.9 Å². The number of halogens is 1. The molecule has 0 aliphatic heterocycles. The Bertz CT molecular complexity index is 596. The summed E-state index contributed by atoms with van der Waals surface area (Å²) < 4.78 is 28.2. The van der Waals surface area contributed by atoms with Gasteiger partial charge in [-0.15, -0.1) is 0 Å². The first kappa shape index (κ1) is 17.4. The highest BCUT2D eigenvalue weighted by atomic mass is 19.1. The summed E-state index contributed by atoms with van der Waals surface area (Å²) in [5.74, 6) is -4.25. The van der Waals surface area contributed by atoms with Gasteiger partial charge in [0.05, 0.1) is 33.8 Å². The van der Waals surface area contributed by atoms with Gasteiger partial charge in [-0.2, -0.15) is 5.26 Å². The maximum absolute atomic E-state index is 14.2. The maximum atomic E-state index is 14.2. The van der Waals surface area contributed by atoms with Gasteiger partial charge in [0, 0.05) is 12.0 Å². The van der Waals surface area contributed by atoms with Gasteiger partial charge in [0.25, 0.3) is 0 Å². The van der Waals surface area contributed by atoms with Crippen molar-refractivity contribution in [1.82, 2.24) is 0 Å². The molecule has 0 saturated carbocycles. The molecule has 2 unspecified atom stereocenters. The molecular formula is C15H16FNO5. The lowest BCUT2D eigenvalue weighted by atomic mass is 9.84. The highest BCUT2D eigenvalue weighted by molar-refractivity contribution is 5.79. The second-order valence-corrected chi connectivity index (χ2v) is 4.40. The van der Waals surface area contributed by atoms with Crippen LogP contribution >= 0.6 is 0 Å². The topological polar surface area (TPSA) is 85.6 Å². The van der Waals surface area contributed by atoms with E-state index in [4.69, 9.17) is 4.74 Å². The summed E-state index contributed by atoms with van der Waals surface area (Å²) in [6.45, 7) is 0. The van der Waals surface area contributed by atoms with Gasteiger partial charge < -0.3 is 14.2 Å². The average Bonchev–Trinajstić information content (AvgIpc) is 2.53. The van der Waals surface area contributed by atoms with Crippen LogP contribution in [0.1, 0.15) is 17.9 Å². The molecule has 0 N–H and O–H groups in total. The minimum atomic E-state index is -1.33. The average molecular weight is 309 g/mol. The lowest BCUT2D eigenvalue weighted by molar-refractivity contribution is -0.145. The third kappa shape index (κ3) is 3.95. The van der Waals surface area contributed by atoms with Crippen molar-refractivity contribution in [3.8, 4) is 11.8 Å². The summed E-state index contributed by atoms with van der Waals surface area (Å²) in [5.41, 5.74) is 0.0446. The number of benzene rings is 1. The Morgan fingerprint density at radius 3 is 2.41 bits per heavy atom. The first-order valence-electron chi connectivity index (χ1n) is 6.36. The van der Waals surface area contributed by atoms with Gasteiger partial charge in [-0.3, -0.25) is 9.59 Å². The molecule has 0 aromatic heterocycles. The van der Waals surface area contributed by atoms with Gasteiger partial charge in [-0.25, -0.2) is 4.39 Å². The fourth-order valence-electron chi connectivity index (χ4n) is 2.04. The minimum absolute atomic E-state index is 0.0446. The van der Waals surface area contributed by atoms with E-state index in [1.54, 1.807) is 6.07 Å². The van der Waals surface area contributed by atoms with Crippen LogP contribution in [0.5, 0.6) is 5.75 Å². The third-order valence-corrected chi connectivity index (χ3v) is 3.22. The molecule has 0 amide bonds. The van der Waals surface area contributed by atoms with Crippen LogP contribution in [0, 0.1) is 23.1 Å². The van der Waals surface area contributed by atoms with E-state index in [9.17, 15) is 19.2 Å². The van der Waals surface area contributed by atoms with E-state index in [1.165, 1.54) is 26.4 Å². The fraction of sp³-hybridized carbons (Fsp3) is 0.400. The van der Waals surface area contributed by atoms with Crippen molar-refractivity contribution in [2.45, 2.75) is 12.3 Å². The van der Waals surface area contributed by atoms with Crippen LogP contribution in [0.2, 0.25) is 0 Å². The summed E-state index contributed by atoms with van der Waals surface area (Å²) in [6, 6.07) is 5.72. The molecule has 1 rings (SSSR count). The van der Waals surface area contributed by atoms with E-state index in [0.29, 0.717) is 0 Å². The monoisotopic (exact) mass is 309 g/mol. The molecule has 0 bridgehead atoms. The smallest absolute Gasteiger partial charge is 0.323 e. The van der Waals surface area contributed by atoms with Crippen LogP contribution in [-0.4, -0.2) is 33.3 Å². The van der Waals surface area contributed by atoms with Crippen LogP contribution in [0.4, 0.5) is 4.39 Å². The number of ether oxygens (including phenoxy) is 3. The standard InChI is InChI=1S/C15H16FNO5/c1-20-9-4-5-10(13(16)6-9)11(7-14(18)21-2)12(8-17)15(19)22-3/h4-6,11-12H,7H2,1-3H3. The Balaban J connectivity index is 3.28. The van der Waals surface area contributed by atoms with Crippen molar-refractivity contribution < 1.29 is 28.2 Å². The Kier molecular flexibility index (Phi) is 6.32. The third-order valence-electron chi connectivity index (χ3n) is 3.22. The number of methoxy groups -OCH3 is 3. The van der Waals surface area contributed by atoms with Crippen molar-refractivity contribution in [2.24, 2.45) is 5.92 Å². The maximum Gasteiger partial charge on any atom is 0.323 e. The predicted octanol–water partition coefficient (Wildman–Crippen LogP) is 1.79. The number of nitriles is 1. The van der Waals surface area contributed by atoms with E-state index in [2.05, 4.69) is 9.47 Å². The Labute approximate surface area is 127 Å². The molecule has 0 aliphatic carbocycles. The number of rotatable bonds is 6. The predicted molar refractivity (Wildman–Crippen MR) is 73.4 cm³/mol. The van der Waals surface area contributed by atoms with Crippen LogP contribution in [0.3, 0.4) is 0 Å². The summed E-state index contributed by atoms with van der Waals surface area (Å²) in [6.07, 6.45) is -0.326. The highest BCUT2D eigenvalue weighted by Gasteiger charge is 2.34. The number of hydrogen-bond acceptors (Lipinski definition) is 6. The zero-order valence-electron chi connectivity index (χ0n) is 12.5. The zero-order valence-corrected chi connectivity index (χ0v) is 12.5. The lowest BCUT2D eigenvalue weighted by Gasteiger charge is -2.20. The number of carbonyl (C=O) groups is 2. The Morgan fingerprint density at radius 1 is 1.27 bits per heavy atom. The molecule has 0 radical (unpaired) electrons. The molecule has 0 aliphatic rings. The largest absolute Gasteiger partial charge is 0.497 e. The fourth-order valence-corrected chi connectivity index (χ4v) is 2.04. The number of hydrogen-bond donors (Lipinski definition) is 0. The van der Waals surface area contributed by atoms with Gasteiger partial charge in [0.1, 0.15) is 11.6 Å². The van der Waals surface area contributed by atoms with E-state index in [-0.39, 0.29) is 17.7 Å². The first-order chi connectivity index (χ1) is 10.5. The van der Waals surface area contributed by atoms with Crippen LogP contribution in [0.25, 0.3) is 0 Å². The van der Waals surface area contributed by atoms with E-state index >= 15 is 0 Å². The number of carbonyl (C=O) groups excluding carboxylic acids is 2. The summed E-state index contributed by atoms with van der Waals surface area (Å²) in [7, 11) is 3.67. The van der Waals surface area contributed by atoms with E-state index in [1.807, 2.05) is 0 Å². The summed E-state index contributed by atoms with van der Waals surface area (Å²) in [4.78, 5) is 23.2. The van der Waals surface area contributed by atoms with Crippen molar-refractivity contribution in [3.63, 3.8) is 0 Å². The van der Waals surface area contributed by atoms with Gasteiger partial charge in [0.15, 0.2) is 5.92 Å². The molecule has 7 heteroatoms. The van der Waals surface area contributed by atoms with Gasteiger partial charge in [-0.1, -0.05) is 6.07 Å². The zero-order chi connectivity index (χ0) is 16.7. The van der Waals surface area contributed by atoms with E-state index < -0.39 is 29.6 Å². The molecule has 0 saturated heterocycles. The van der Waals surface area contributed by atoms with Crippen LogP contribution in [0.15, 0.2) is 18.2 Å². The first-order valence-corrected chi connectivity index (χ1v) is 6.36. The van der Waals surface area contributed by atoms with Crippen molar-refractivity contribution in [1.29, 1.82) is 5.26 Å². The number of nitrogens with zero attached hydrogens (tertiary/aromatic N) is 1. The number of esters is 2. The minimum Gasteiger partial charge on any atom is -0.497 e. The molecule has 0 heterocycles. The molecule has 1 aromatic carbocycles. The highest BCUT2D eigenvalue weighted by Crippen LogP contribution is 2.32. The van der Waals surface area contributed by atoms with Crippen molar-refractivity contribution in [3.05, 3.63) is 29.6 Å². The lowest BCUT2D eigenvalue weighted by Crippen LogP contribution is -2.25. The van der Waals surface area contributed by atoms with Gasteiger partial charge in [0.2, 0.25) is 0 Å². The summed E-state index contributed by atoms with van der Waals surface area (Å²) >= 11 is 0. The molecule has 0 spiro atoms. The molecule has 22 heavy (non-hydrogen) atoms. The Morgan fingerprint density at radius 2 is 1.95 bits per heavy atom. The Hall–Kier alpha value is -2.62. The molecule has 6 nitrogen and oxygen atoms in total. The molecule has 0 fully saturated rings. The molecule has 2 atom stereocenters. The second-order valence-electron chi connectivity index (χ2n) is 4.40. The van der Waals surface area contributed by atoms with E-state index in [0.717, 1.165) is 13.2 Å². The van der Waals surface area contributed by atoms with Crippen LogP contribution in [-0.2, 0) is 19.1 Å². The van der Waals surface area contributed by atoms with Crippen molar-refractivity contribution >= 4 is 11.9 Å².